The van der Waals surface area contributed by atoms with Gasteiger partial charge in [0.25, 0.3) is 0 Å². The molecule has 3 fully saturated rings. The molecule has 3 saturated heterocycles. The van der Waals surface area contributed by atoms with Crippen LogP contribution in [0.5, 0.6) is 0 Å². The molecule has 0 saturated carbocycles. The van der Waals surface area contributed by atoms with Gasteiger partial charge in [0.15, 0.2) is 0 Å². The summed E-state index contributed by atoms with van der Waals surface area (Å²) in [5.41, 5.74) is 1.00. The van der Waals surface area contributed by atoms with E-state index in [1.54, 1.807) is 38.6 Å². The first kappa shape index (κ1) is 31.8. The second kappa shape index (κ2) is 13.0. The molecule has 0 aromatic heterocycles. The van der Waals surface area contributed by atoms with Gasteiger partial charge in [-0.3, -0.25) is 14.4 Å². The number of thioether (sulfide) groups is 1. The molecule has 9 heteroatoms. The summed E-state index contributed by atoms with van der Waals surface area (Å²) in [6.07, 6.45) is 4.78. The van der Waals surface area contributed by atoms with Gasteiger partial charge in [0.1, 0.15) is 6.04 Å². The molecule has 8 atom stereocenters. The fraction of sp³-hybridized carbons (Fsp3) is 0.594. The Morgan fingerprint density at radius 2 is 1.83 bits per heavy atom. The molecule has 224 valence electrons. The highest BCUT2D eigenvalue weighted by molar-refractivity contribution is 9.09. The lowest BCUT2D eigenvalue weighted by atomic mass is 9.70. The normalized spacial score (nSPS) is 29.8. The van der Waals surface area contributed by atoms with Crippen molar-refractivity contribution in [2.75, 3.05) is 19.7 Å². The van der Waals surface area contributed by atoms with E-state index in [0.29, 0.717) is 26.1 Å². The van der Waals surface area contributed by atoms with Crippen molar-refractivity contribution in [2.24, 2.45) is 17.8 Å². The molecule has 2 bridgehead atoms. The lowest BCUT2D eigenvalue weighted by Crippen LogP contribution is -2.59. The number of carbonyl (C=O) groups excluding carboxylic acids is 3. The molecule has 3 unspecified atom stereocenters. The van der Waals surface area contributed by atoms with Gasteiger partial charge in [0.05, 0.1) is 29.2 Å². The zero-order valence-corrected chi connectivity index (χ0v) is 27.0. The van der Waals surface area contributed by atoms with E-state index >= 15 is 0 Å². The Morgan fingerprint density at radius 1 is 1.17 bits per heavy atom. The standard InChI is InChI=1S/C32H44BrN3O4S/c1-7-15-34(18-22-13-11-10-12-14-22)29(38)25-26-30(39)36(24(19-37)21(6)9-3)28(31(40)35(16-8-2)20(4)5)32(26)17-23(33)27(25)41-32/h7-8,10-14,20-21,23-28,37H,1-2,9,15-19H2,3-6H3/t21-,23?,24-,25+,26-,27+,28?,32?/m0/s1. The summed E-state index contributed by atoms with van der Waals surface area (Å²) < 4.78 is -0.769. The Kier molecular flexibility index (Phi) is 10.1. The molecule has 3 aliphatic heterocycles. The van der Waals surface area contributed by atoms with E-state index in [0.717, 1.165) is 12.0 Å². The molecule has 1 N–H and O–H groups in total. The average Bonchev–Trinajstić information content (AvgIpc) is 3.55. The SMILES string of the molecule is C=CCN(Cc1ccccc1)C(=O)[C@H]1[C@@H]2SC3(CC2Br)C(C(=O)N(CC=C)C(C)C)N([C@@H](CO)[C@@H](C)CC)C(=O)[C@H]13. The number of benzene rings is 1. The maximum Gasteiger partial charge on any atom is 0.247 e. The van der Waals surface area contributed by atoms with E-state index in [4.69, 9.17) is 0 Å². The van der Waals surface area contributed by atoms with Crippen LogP contribution in [0.2, 0.25) is 0 Å². The minimum absolute atomic E-state index is 0.0205. The number of halogens is 1. The smallest absolute Gasteiger partial charge is 0.247 e. The van der Waals surface area contributed by atoms with Gasteiger partial charge in [-0.1, -0.05) is 78.7 Å². The minimum Gasteiger partial charge on any atom is -0.394 e. The number of alkyl halides is 1. The fourth-order valence-corrected chi connectivity index (χ4v) is 10.6. The van der Waals surface area contributed by atoms with Crippen molar-refractivity contribution in [1.82, 2.24) is 14.7 Å². The summed E-state index contributed by atoms with van der Waals surface area (Å²) in [5.74, 6) is -1.65. The van der Waals surface area contributed by atoms with Crippen LogP contribution in [0.1, 0.15) is 46.1 Å². The number of amides is 3. The fourth-order valence-electron chi connectivity index (χ4n) is 7.05. The number of carbonyl (C=O) groups is 3. The Hall–Kier alpha value is -2.10. The second-order valence-corrected chi connectivity index (χ2v) is 14.6. The molecule has 3 heterocycles. The largest absolute Gasteiger partial charge is 0.394 e. The van der Waals surface area contributed by atoms with Gasteiger partial charge in [-0.15, -0.1) is 24.9 Å². The third kappa shape index (κ3) is 5.54. The molecule has 1 aromatic rings. The molecule has 4 rings (SSSR count). The maximum atomic E-state index is 14.6. The summed E-state index contributed by atoms with van der Waals surface area (Å²) >= 11 is 5.50. The van der Waals surface area contributed by atoms with Gasteiger partial charge < -0.3 is 19.8 Å². The summed E-state index contributed by atoms with van der Waals surface area (Å²) in [4.78, 5) is 48.8. The van der Waals surface area contributed by atoms with E-state index in [9.17, 15) is 19.5 Å². The minimum atomic E-state index is -0.775. The number of fused-ring (bicyclic) bond motifs is 1. The van der Waals surface area contributed by atoms with Crippen molar-refractivity contribution in [3.8, 4) is 0 Å². The molecule has 41 heavy (non-hydrogen) atoms. The lowest BCUT2D eigenvalue weighted by Gasteiger charge is -2.42. The number of hydrogen-bond acceptors (Lipinski definition) is 5. The highest BCUT2D eigenvalue weighted by Crippen LogP contribution is 2.68. The molecular weight excluding hydrogens is 602 g/mol. The van der Waals surface area contributed by atoms with Crippen molar-refractivity contribution >= 4 is 45.4 Å². The zero-order valence-electron chi connectivity index (χ0n) is 24.6. The molecule has 3 amide bonds. The Labute approximate surface area is 257 Å². The summed E-state index contributed by atoms with van der Waals surface area (Å²) in [6.45, 7) is 16.6. The maximum absolute atomic E-state index is 14.6. The quantitative estimate of drug-likeness (QED) is 0.252. The van der Waals surface area contributed by atoms with Gasteiger partial charge in [0.2, 0.25) is 17.7 Å². The lowest BCUT2D eigenvalue weighted by molar-refractivity contribution is -0.148. The number of aliphatic hydroxyl groups is 1. The van der Waals surface area contributed by atoms with Gasteiger partial charge in [-0.2, -0.15) is 0 Å². The predicted molar refractivity (Wildman–Crippen MR) is 168 cm³/mol. The third-order valence-corrected chi connectivity index (χ3v) is 12.4. The van der Waals surface area contributed by atoms with Gasteiger partial charge in [-0.05, 0) is 31.7 Å². The van der Waals surface area contributed by atoms with Crippen molar-refractivity contribution in [2.45, 2.75) is 80.0 Å². The highest BCUT2D eigenvalue weighted by atomic mass is 79.9. The van der Waals surface area contributed by atoms with Gasteiger partial charge in [-0.25, -0.2) is 0 Å². The first-order chi connectivity index (χ1) is 19.6. The van der Waals surface area contributed by atoms with E-state index in [-0.39, 0.29) is 46.4 Å². The first-order valence-corrected chi connectivity index (χ1v) is 16.5. The molecule has 1 spiro atoms. The summed E-state index contributed by atoms with van der Waals surface area (Å²) in [6, 6.07) is 8.43. The van der Waals surface area contributed by atoms with Crippen LogP contribution in [0.4, 0.5) is 0 Å². The van der Waals surface area contributed by atoms with Crippen molar-refractivity contribution in [3.05, 3.63) is 61.2 Å². The van der Waals surface area contributed by atoms with Crippen molar-refractivity contribution in [1.29, 1.82) is 0 Å². The highest BCUT2D eigenvalue weighted by Gasteiger charge is 2.76. The van der Waals surface area contributed by atoms with Crippen molar-refractivity contribution < 1.29 is 19.5 Å². The van der Waals surface area contributed by atoms with E-state index < -0.39 is 28.7 Å². The van der Waals surface area contributed by atoms with Gasteiger partial charge >= 0.3 is 0 Å². The molecule has 0 radical (unpaired) electrons. The van der Waals surface area contributed by atoms with E-state index in [1.807, 2.05) is 58.0 Å². The zero-order chi connectivity index (χ0) is 30.1. The van der Waals surface area contributed by atoms with Crippen LogP contribution >= 0.6 is 27.7 Å². The van der Waals surface area contributed by atoms with Crippen LogP contribution in [0.15, 0.2) is 55.6 Å². The van der Waals surface area contributed by atoms with Crippen LogP contribution in [0, 0.1) is 17.8 Å². The number of aliphatic hydroxyl groups excluding tert-OH is 1. The first-order valence-electron chi connectivity index (χ1n) is 14.7. The van der Waals surface area contributed by atoms with Crippen molar-refractivity contribution in [3.63, 3.8) is 0 Å². The third-order valence-electron chi connectivity index (χ3n) is 9.20. The summed E-state index contributed by atoms with van der Waals surface area (Å²) in [7, 11) is 0. The number of rotatable bonds is 13. The molecule has 1 aromatic carbocycles. The van der Waals surface area contributed by atoms with Crippen LogP contribution in [-0.2, 0) is 20.9 Å². The van der Waals surface area contributed by atoms with Gasteiger partial charge in [0, 0.05) is 35.8 Å². The summed E-state index contributed by atoms with van der Waals surface area (Å²) in [5, 5.41) is 10.5. The molecule has 3 aliphatic rings. The second-order valence-electron chi connectivity index (χ2n) is 11.9. The topological polar surface area (TPSA) is 81.2 Å². The van der Waals surface area contributed by atoms with Crippen LogP contribution in [0.25, 0.3) is 0 Å². The van der Waals surface area contributed by atoms with Crippen LogP contribution in [-0.4, -0.2) is 90.2 Å². The Bertz CT molecular complexity index is 1150. The van der Waals surface area contributed by atoms with E-state index in [2.05, 4.69) is 29.1 Å². The number of likely N-dealkylation sites (tertiary alicyclic amines) is 1. The number of nitrogens with zero attached hydrogens (tertiary/aromatic N) is 3. The average molecular weight is 647 g/mol. The predicted octanol–water partition coefficient (Wildman–Crippen LogP) is 4.50. The molecule has 7 nitrogen and oxygen atoms in total. The van der Waals surface area contributed by atoms with E-state index in [1.165, 1.54) is 0 Å². The number of hydrogen-bond donors (Lipinski definition) is 1. The monoisotopic (exact) mass is 645 g/mol. The Morgan fingerprint density at radius 3 is 2.39 bits per heavy atom. The van der Waals surface area contributed by atoms with Crippen LogP contribution in [0.3, 0.4) is 0 Å². The Balaban J connectivity index is 1.81. The van der Waals surface area contributed by atoms with Crippen LogP contribution < -0.4 is 0 Å². The molecule has 0 aliphatic carbocycles. The molecular formula is C32H44BrN3O4S.